The molecule has 0 amide bonds. The van der Waals surface area contributed by atoms with Gasteiger partial charge in [0.1, 0.15) is 5.69 Å². The average molecular weight is 292 g/mol. The lowest BCUT2D eigenvalue weighted by Crippen LogP contribution is -2.18. The van der Waals surface area contributed by atoms with Crippen LogP contribution in [-0.4, -0.2) is 15.1 Å². The summed E-state index contributed by atoms with van der Waals surface area (Å²) in [6.45, 7) is 0. The highest BCUT2D eigenvalue weighted by atomic mass is 16.3. The molecule has 0 saturated carbocycles. The molecule has 3 rings (SSSR count). The molecule has 0 unspecified atom stereocenters. The molecule has 3 aromatic rings. The number of aromatic amines is 1. The number of hydrogen-bond donors (Lipinski definition) is 2. The number of nitrogens with one attached hydrogen (secondary N) is 1. The number of nitrogens with zero attached hydrogens (tertiary/aromatic N) is 1. The molecular formula is C18H16N2O2. The van der Waals surface area contributed by atoms with Crippen LogP contribution in [0.15, 0.2) is 65.5 Å². The minimum Gasteiger partial charge on any atom is -0.492 e. The summed E-state index contributed by atoms with van der Waals surface area (Å²) in [7, 11) is 0. The Labute approximate surface area is 128 Å². The maximum Gasteiger partial charge on any atom is 0.270 e. The Hall–Kier alpha value is -2.88. The fourth-order valence-corrected chi connectivity index (χ4v) is 2.34. The second-order valence-corrected chi connectivity index (χ2v) is 5.14. The first-order valence-electron chi connectivity index (χ1n) is 7.11. The van der Waals surface area contributed by atoms with Crippen LogP contribution >= 0.6 is 0 Å². The molecule has 0 atom stereocenters. The minimum atomic E-state index is -0.257. The van der Waals surface area contributed by atoms with Crippen molar-refractivity contribution in [2.75, 3.05) is 0 Å². The van der Waals surface area contributed by atoms with E-state index in [0.717, 1.165) is 11.1 Å². The van der Waals surface area contributed by atoms with E-state index in [2.05, 4.69) is 9.97 Å². The van der Waals surface area contributed by atoms with Crippen LogP contribution in [0, 0.1) is 0 Å². The lowest BCUT2D eigenvalue weighted by molar-refractivity contribution is 0.439. The molecule has 0 aliphatic rings. The van der Waals surface area contributed by atoms with E-state index >= 15 is 0 Å². The van der Waals surface area contributed by atoms with Crippen molar-refractivity contribution in [3.8, 4) is 5.88 Å². The highest BCUT2D eigenvalue weighted by molar-refractivity contribution is 5.29. The summed E-state index contributed by atoms with van der Waals surface area (Å²) >= 11 is 0. The van der Waals surface area contributed by atoms with Gasteiger partial charge < -0.3 is 10.1 Å². The van der Waals surface area contributed by atoms with Gasteiger partial charge >= 0.3 is 0 Å². The molecule has 0 saturated heterocycles. The minimum absolute atomic E-state index is 0.116. The van der Waals surface area contributed by atoms with Gasteiger partial charge in [-0.2, -0.15) is 0 Å². The Morgan fingerprint density at radius 3 is 2.00 bits per heavy atom. The molecule has 1 heterocycles. The maximum absolute atomic E-state index is 12.2. The van der Waals surface area contributed by atoms with Gasteiger partial charge in [0.2, 0.25) is 5.88 Å². The molecule has 2 N–H and O–H groups in total. The smallest absolute Gasteiger partial charge is 0.270 e. The first-order valence-corrected chi connectivity index (χ1v) is 7.11. The van der Waals surface area contributed by atoms with Crippen LogP contribution in [0.3, 0.4) is 0 Å². The van der Waals surface area contributed by atoms with E-state index in [1.807, 2.05) is 60.7 Å². The Morgan fingerprint density at radius 2 is 1.41 bits per heavy atom. The van der Waals surface area contributed by atoms with Crippen molar-refractivity contribution in [1.29, 1.82) is 0 Å². The lowest BCUT2D eigenvalue weighted by atomic mass is 10.1. The van der Waals surface area contributed by atoms with E-state index in [-0.39, 0.29) is 11.4 Å². The molecule has 0 aliphatic carbocycles. The van der Waals surface area contributed by atoms with E-state index in [1.165, 1.54) is 0 Å². The lowest BCUT2D eigenvalue weighted by Gasteiger charge is -2.06. The standard InChI is InChI=1S/C18H16N2O2/c21-17-15(11-13-7-3-1-4-8-13)19-18(22)16(20-17)12-14-9-5-2-6-10-14/h1-10H,11-12H2,(H,19,22)(H,20,21). The third-order valence-electron chi connectivity index (χ3n) is 3.48. The molecule has 4 nitrogen and oxygen atoms in total. The van der Waals surface area contributed by atoms with Crippen molar-refractivity contribution in [2.24, 2.45) is 0 Å². The Bertz CT molecular complexity index is 811. The average Bonchev–Trinajstić information content (AvgIpc) is 2.54. The van der Waals surface area contributed by atoms with Crippen molar-refractivity contribution < 1.29 is 5.11 Å². The normalized spacial score (nSPS) is 10.5. The van der Waals surface area contributed by atoms with E-state index in [9.17, 15) is 9.90 Å². The summed E-state index contributed by atoms with van der Waals surface area (Å²) in [4.78, 5) is 19.0. The van der Waals surface area contributed by atoms with Gasteiger partial charge in [-0.15, -0.1) is 0 Å². The predicted molar refractivity (Wildman–Crippen MR) is 85.0 cm³/mol. The van der Waals surface area contributed by atoms with Gasteiger partial charge in [-0.05, 0) is 11.1 Å². The summed E-state index contributed by atoms with van der Waals surface area (Å²) in [5, 5.41) is 10.1. The fourth-order valence-electron chi connectivity index (χ4n) is 2.34. The summed E-state index contributed by atoms with van der Waals surface area (Å²) < 4.78 is 0. The van der Waals surface area contributed by atoms with Crippen LogP contribution in [0.2, 0.25) is 0 Å². The highest BCUT2D eigenvalue weighted by Crippen LogP contribution is 2.15. The van der Waals surface area contributed by atoms with Crippen LogP contribution in [0.5, 0.6) is 5.88 Å². The zero-order valence-electron chi connectivity index (χ0n) is 12.0. The summed E-state index contributed by atoms with van der Waals surface area (Å²) in [5.74, 6) is -0.116. The molecule has 22 heavy (non-hydrogen) atoms. The van der Waals surface area contributed by atoms with Crippen molar-refractivity contribution in [1.82, 2.24) is 9.97 Å². The van der Waals surface area contributed by atoms with Crippen LogP contribution in [0.25, 0.3) is 0 Å². The van der Waals surface area contributed by atoms with Gasteiger partial charge in [0.05, 0.1) is 5.69 Å². The zero-order chi connectivity index (χ0) is 15.4. The molecule has 0 aliphatic heterocycles. The van der Waals surface area contributed by atoms with E-state index in [1.54, 1.807) is 0 Å². The summed E-state index contributed by atoms with van der Waals surface area (Å²) in [6.07, 6.45) is 0.843. The second kappa shape index (κ2) is 6.26. The second-order valence-electron chi connectivity index (χ2n) is 5.14. The first kappa shape index (κ1) is 14.1. The van der Waals surface area contributed by atoms with Crippen LogP contribution < -0.4 is 5.56 Å². The molecule has 0 spiro atoms. The number of rotatable bonds is 4. The molecule has 0 radical (unpaired) electrons. The van der Waals surface area contributed by atoms with Crippen molar-refractivity contribution >= 4 is 0 Å². The highest BCUT2D eigenvalue weighted by Gasteiger charge is 2.10. The van der Waals surface area contributed by atoms with E-state index < -0.39 is 0 Å². The number of aromatic hydroxyl groups is 1. The number of H-pyrrole nitrogens is 1. The number of hydrogen-bond acceptors (Lipinski definition) is 3. The third kappa shape index (κ3) is 3.23. The van der Waals surface area contributed by atoms with E-state index in [0.29, 0.717) is 24.2 Å². The van der Waals surface area contributed by atoms with Crippen LogP contribution in [0.4, 0.5) is 0 Å². The number of aromatic nitrogens is 2. The van der Waals surface area contributed by atoms with Gasteiger partial charge in [-0.25, -0.2) is 4.98 Å². The summed E-state index contributed by atoms with van der Waals surface area (Å²) in [5.41, 5.74) is 2.49. The quantitative estimate of drug-likeness (QED) is 0.777. The molecule has 4 heteroatoms. The van der Waals surface area contributed by atoms with Crippen LogP contribution in [0.1, 0.15) is 22.5 Å². The fraction of sp³-hybridized carbons (Fsp3) is 0.111. The molecule has 110 valence electrons. The predicted octanol–water partition coefficient (Wildman–Crippen LogP) is 2.66. The third-order valence-corrected chi connectivity index (χ3v) is 3.48. The van der Waals surface area contributed by atoms with Crippen molar-refractivity contribution in [3.63, 3.8) is 0 Å². The molecule has 0 fully saturated rings. The first-order chi connectivity index (χ1) is 10.7. The molecular weight excluding hydrogens is 276 g/mol. The molecule has 1 aromatic heterocycles. The molecule has 0 bridgehead atoms. The van der Waals surface area contributed by atoms with Gasteiger partial charge in [0.15, 0.2) is 0 Å². The van der Waals surface area contributed by atoms with Gasteiger partial charge in [-0.1, -0.05) is 60.7 Å². The van der Waals surface area contributed by atoms with E-state index in [4.69, 9.17) is 0 Å². The Morgan fingerprint density at radius 1 is 0.864 bits per heavy atom. The van der Waals surface area contributed by atoms with Crippen molar-refractivity contribution in [2.45, 2.75) is 12.8 Å². The Balaban J connectivity index is 1.87. The largest absolute Gasteiger partial charge is 0.492 e. The van der Waals surface area contributed by atoms with Gasteiger partial charge in [0, 0.05) is 12.8 Å². The maximum atomic E-state index is 12.2. The SMILES string of the molecule is O=c1[nH]c(Cc2ccccc2)c(O)nc1Cc1ccccc1. The monoisotopic (exact) mass is 292 g/mol. The van der Waals surface area contributed by atoms with Gasteiger partial charge in [0.25, 0.3) is 5.56 Å². The Kier molecular flexibility index (Phi) is 4.01. The zero-order valence-corrected chi connectivity index (χ0v) is 12.0. The van der Waals surface area contributed by atoms with Crippen LogP contribution in [-0.2, 0) is 12.8 Å². The molecule has 2 aromatic carbocycles. The topological polar surface area (TPSA) is 66.0 Å². The summed E-state index contributed by atoms with van der Waals surface area (Å²) in [6, 6.07) is 19.2. The number of benzene rings is 2. The van der Waals surface area contributed by atoms with Crippen molar-refractivity contribution in [3.05, 3.63) is 93.5 Å². The van der Waals surface area contributed by atoms with Gasteiger partial charge in [-0.3, -0.25) is 4.79 Å².